The second-order valence-electron chi connectivity index (χ2n) is 7.40. The van der Waals surface area contributed by atoms with Crippen LogP contribution in [-0.4, -0.2) is 17.8 Å². The largest absolute Gasteiger partial charge is 0.392 e. The minimum Gasteiger partial charge on any atom is -0.392 e. The van der Waals surface area contributed by atoms with Gasteiger partial charge in [0.25, 0.3) is 0 Å². The zero-order chi connectivity index (χ0) is 13.3. The molecule has 17 heavy (non-hydrogen) atoms. The lowest BCUT2D eigenvalue weighted by molar-refractivity contribution is -0.0456. The average Bonchev–Trinajstić information content (AvgIpc) is 2.26. The van der Waals surface area contributed by atoms with Gasteiger partial charge < -0.3 is 10.8 Å². The van der Waals surface area contributed by atoms with Gasteiger partial charge in [-0.2, -0.15) is 0 Å². The smallest absolute Gasteiger partial charge is 0.0631 e. The van der Waals surface area contributed by atoms with E-state index in [0.717, 1.165) is 18.8 Å². The summed E-state index contributed by atoms with van der Waals surface area (Å²) in [6, 6.07) is 0. The molecule has 1 fully saturated rings. The molecule has 2 heteroatoms. The molecule has 1 saturated carbocycles. The highest BCUT2D eigenvalue weighted by Crippen LogP contribution is 2.47. The van der Waals surface area contributed by atoms with E-state index in [4.69, 9.17) is 5.73 Å². The van der Waals surface area contributed by atoms with E-state index in [0.29, 0.717) is 17.9 Å². The predicted molar refractivity (Wildman–Crippen MR) is 73.7 cm³/mol. The summed E-state index contributed by atoms with van der Waals surface area (Å²) < 4.78 is 0. The van der Waals surface area contributed by atoms with Crippen molar-refractivity contribution in [1.29, 1.82) is 0 Å². The Labute approximate surface area is 107 Å². The van der Waals surface area contributed by atoms with Crippen molar-refractivity contribution in [3.05, 3.63) is 0 Å². The molecule has 0 aromatic carbocycles. The molecular formula is C15H31NO. The summed E-state index contributed by atoms with van der Waals surface area (Å²) in [5.74, 6) is 1.09. The predicted octanol–water partition coefficient (Wildman–Crippen LogP) is 3.18. The SMILES string of the molecule is CC(C)C(O)C1(CN)CCC(C(C)(C)C)CC1. The molecule has 0 heterocycles. The molecule has 2 nitrogen and oxygen atoms in total. The molecule has 0 saturated heterocycles. The molecule has 102 valence electrons. The van der Waals surface area contributed by atoms with Crippen molar-refractivity contribution in [1.82, 2.24) is 0 Å². The number of rotatable bonds is 3. The van der Waals surface area contributed by atoms with Crippen molar-refractivity contribution < 1.29 is 5.11 Å². The minimum atomic E-state index is -0.242. The highest BCUT2D eigenvalue weighted by molar-refractivity contribution is 4.95. The van der Waals surface area contributed by atoms with E-state index in [1.807, 2.05) is 0 Å². The summed E-state index contributed by atoms with van der Waals surface area (Å²) in [4.78, 5) is 0. The van der Waals surface area contributed by atoms with E-state index < -0.39 is 0 Å². The van der Waals surface area contributed by atoms with Crippen molar-refractivity contribution in [2.75, 3.05) is 6.54 Å². The zero-order valence-corrected chi connectivity index (χ0v) is 12.3. The first-order valence-corrected chi connectivity index (χ1v) is 7.11. The Bertz CT molecular complexity index is 234. The summed E-state index contributed by atoms with van der Waals surface area (Å²) in [6.07, 6.45) is 4.36. The maximum Gasteiger partial charge on any atom is 0.0631 e. The van der Waals surface area contributed by atoms with Gasteiger partial charge in [-0.1, -0.05) is 34.6 Å². The topological polar surface area (TPSA) is 46.2 Å². The molecule has 3 N–H and O–H groups in total. The van der Waals surface area contributed by atoms with E-state index in [1.165, 1.54) is 12.8 Å². The third kappa shape index (κ3) is 3.23. The van der Waals surface area contributed by atoms with Crippen molar-refractivity contribution in [3.8, 4) is 0 Å². The van der Waals surface area contributed by atoms with Gasteiger partial charge in [0, 0.05) is 12.0 Å². The molecule has 1 atom stereocenters. The van der Waals surface area contributed by atoms with Gasteiger partial charge in [-0.15, -0.1) is 0 Å². The van der Waals surface area contributed by atoms with Crippen LogP contribution in [0.1, 0.15) is 60.3 Å². The van der Waals surface area contributed by atoms with Crippen molar-refractivity contribution >= 4 is 0 Å². The summed E-state index contributed by atoms with van der Waals surface area (Å²) in [5, 5.41) is 10.4. The monoisotopic (exact) mass is 241 g/mol. The maximum absolute atomic E-state index is 10.4. The fourth-order valence-corrected chi connectivity index (χ4v) is 3.39. The Balaban J connectivity index is 2.70. The van der Waals surface area contributed by atoms with Gasteiger partial charge in [-0.3, -0.25) is 0 Å². The minimum absolute atomic E-state index is 0.0179. The summed E-state index contributed by atoms with van der Waals surface area (Å²) in [5.41, 5.74) is 6.35. The van der Waals surface area contributed by atoms with Crippen LogP contribution in [0.15, 0.2) is 0 Å². The molecule has 0 aliphatic heterocycles. The van der Waals surface area contributed by atoms with Gasteiger partial charge in [0.15, 0.2) is 0 Å². The van der Waals surface area contributed by atoms with Gasteiger partial charge >= 0.3 is 0 Å². The molecule has 0 spiro atoms. The number of aliphatic hydroxyl groups excluding tert-OH is 1. The van der Waals surface area contributed by atoms with E-state index in [2.05, 4.69) is 34.6 Å². The van der Waals surface area contributed by atoms with Gasteiger partial charge in [-0.25, -0.2) is 0 Å². The Hall–Kier alpha value is -0.0800. The van der Waals surface area contributed by atoms with Crippen LogP contribution in [0.25, 0.3) is 0 Å². The molecule has 0 aromatic rings. The lowest BCUT2D eigenvalue weighted by Crippen LogP contribution is -2.47. The van der Waals surface area contributed by atoms with Crippen LogP contribution in [0.5, 0.6) is 0 Å². The van der Waals surface area contributed by atoms with Crippen molar-refractivity contribution in [2.24, 2.45) is 28.4 Å². The fourth-order valence-electron chi connectivity index (χ4n) is 3.39. The second-order valence-corrected chi connectivity index (χ2v) is 7.40. The maximum atomic E-state index is 10.4. The van der Waals surface area contributed by atoms with Crippen LogP contribution < -0.4 is 5.73 Å². The van der Waals surface area contributed by atoms with Crippen LogP contribution in [0.4, 0.5) is 0 Å². The van der Waals surface area contributed by atoms with Crippen molar-refractivity contribution in [2.45, 2.75) is 66.4 Å². The lowest BCUT2D eigenvalue weighted by Gasteiger charge is -2.47. The van der Waals surface area contributed by atoms with Crippen LogP contribution >= 0.6 is 0 Å². The standard InChI is InChI=1S/C15H31NO/c1-11(2)13(17)15(10-16)8-6-12(7-9-15)14(3,4)5/h11-13,17H,6-10,16H2,1-5H3. The molecule has 1 aliphatic carbocycles. The zero-order valence-electron chi connectivity index (χ0n) is 12.3. The van der Waals surface area contributed by atoms with Gasteiger partial charge in [0.2, 0.25) is 0 Å². The highest BCUT2D eigenvalue weighted by atomic mass is 16.3. The third-order valence-electron chi connectivity index (χ3n) is 4.87. The van der Waals surface area contributed by atoms with Gasteiger partial charge in [0.05, 0.1) is 6.10 Å². The van der Waals surface area contributed by atoms with E-state index in [9.17, 15) is 5.11 Å². The van der Waals surface area contributed by atoms with Crippen LogP contribution in [0, 0.1) is 22.7 Å². The fraction of sp³-hybridized carbons (Fsp3) is 1.00. The molecule has 0 bridgehead atoms. The molecule has 0 aromatic heterocycles. The summed E-state index contributed by atoms with van der Waals surface area (Å²) >= 11 is 0. The number of hydrogen-bond donors (Lipinski definition) is 2. The Morgan fingerprint density at radius 3 is 2.00 bits per heavy atom. The molecule has 1 unspecified atom stereocenters. The van der Waals surface area contributed by atoms with E-state index >= 15 is 0 Å². The average molecular weight is 241 g/mol. The molecule has 0 amide bonds. The van der Waals surface area contributed by atoms with Crippen LogP contribution in [0.3, 0.4) is 0 Å². The third-order valence-corrected chi connectivity index (χ3v) is 4.87. The number of nitrogens with two attached hydrogens (primary N) is 1. The Morgan fingerprint density at radius 2 is 1.71 bits per heavy atom. The van der Waals surface area contributed by atoms with Gasteiger partial charge in [-0.05, 0) is 42.9 Å². The van der Waals surface area contributed by atoms with Crippen LogP contribution in [0.2, 0.25) is 0 Å². The molecule has 0 radical (unpaired) electrons. The quantitative estimate of drug-likeness (QED) is 0.797. The molecule has 1 rings (SSSR count). The highest BCUT2D eigenvalue weighted by Gasteiger charge is 2.43. The van der Waals surface area contributed by atoms with Crippen LogP contribution in [-0.2, 0) is 0 Å². The van der Waals surface area contributed by atoms with Crippen molar-refractivity contribution in [3.63, 3.8) is 0 Å². The number of aliphatic hydroxyl groups is 1. The normalized spacial score (nSPS) is 32.8. The first-order chi connectivity index (χ1) is 7.73. The summed E-state index contributed by atoms with van der Waals surface area (Å²) in [7, 11) is 0. The first kappa shape index (κ1) is 15.0. The molecule has 1 aliphatic rings. The summed E-state index contributed by atoms with van der Waals surface area (Å²) in [6.45, 7) is 11.8. The molecular weight excluding hydrogens is 210 g/mol. The first-order valence-electron chi connectivity index (χ1n) is 7.11. The van der Waals surface area contributed by atoms with E-state index in [1.54, 1.807) is 0 Å². The Morgan fingerprint density at radius 1 is 1.24 bits per heavy atom. The second kappa shape index (κ2) is 5.27. The number of hydrogen-bond acceptors (Lipinski definition) is 2. The van der Waals surface area contributed by atoms with Gasteiger partial charge in [0.1, 0.15) is 0 Å². The van der Waals surface area contributed by atoms with E-state index in [-0.39, 0.29) is 11.5 Å². The lowest BCUT2D eigenvalue weighted by atomic mass is 9.61. The Kier molecular flexibility index (Phi) is 4.65.